The first-order valence-corrected chi connectivity index (χ1v) is 18.2. The fraction of sp³-hybridized carbons (Fsp3) is 0.341. The van der Waals surface area contributed by atoms with Gasteiger partial charge in [-0.1, -0.05) is 24.3 Å². The van der Waals surface area contributed by atoms with E-state index in [0.29, 0.717) is 70.7 Å². The molecule has 292 valence electrons. The van der Waals surface area contributed by atoms with Crippen LogP contribution in [-0.4, -0.2) is 68.9 Å². The number of likely N-dealkylation sites (tertiary alicyclic amines) is 2. The van der Waals surface area contributed by atoms with Gasteiger partial charge in [0.25, 0.3) is 0 Å². The molecule has 0 amide bonds. The number of aromatic nitrogens is 2. The van der Waals surface area contributed by atoms with Gasteiger partial charge >= 0.3 is 19.2 Å². The lowest BCUT2D eigenvalue weighted by Crippen LogP contribution is -2.63. The standard InChI is InChI=1S/C41H39F4N5O6/c1-21-25(7-4-9-27(21)36-47-29-15-23(19-49-13-6-11-31(49)38(51)52)32(55-39(42)43)17-34(29)53-36)26-8-5-10-28(22(26)2)37-48-30-16-24(20-50-14-12-41(50,3)46)33(56-40(44)45)18-35(30)54-37/h4-5,7-10,15-18,31,39-40H,6,11-14,19-20,46H2,1-3H3,(H,51,52)/t31-,41?/m0/s1. The summed E-state index contributed by atoms with van der Waals surface area (Å²) >= 11 is 0. The average molecular weight is 774 g/mol. The summed E-state index contributed by atoms with van der Waals surface area (Å²) in [5.41, 5.74) is 12.9. The van der Waals surface area contributed by atoms with Crippen molar-refractivity contribution in [1.29, 1.82) is 0 Å². The van der Waals surface area contributed by atoms with Crippen molar-refractivity contribution in [2.24, 2.45) is 5.73 Å². The fourth-order valence-electron chi connectivity index (χ4n) is 7.81. The second-order valence-corrected chi connectivity index (χ2v) is 14.6. The van der Waals surface area contributed by atoms with Crippen molar-refractivity contribution in [2.45, 2.75) is 78.1 Å². The van der Waals surface area contributed by atoms with E-state index in [1.165, 1.54) is 12.1 Å². The molecule has 2 atom stereocenters. The van der Waals surface area contributed by atoms with Crippen molar-refractivity contribution in [3.63, 3.8) is 0 Å². The maximum atomic E-state index is 13.5. The van der Waals surface area contributed by atoms with Gasteiger partial charge in [-0.3, -0.25) is 14.6 Å². The SMILES string of the molecule is Cc1c(-c2nc3cc(CN4CCC[C@H]4C(=O)O)c(OC(F)F)cc3o2)cccc1-c1cccc(-c2nc3cc(CN4CCC4(C)N)c(OC(F)F)cc3o2)c1C. The van der Waals surface area contributed by atoms with Gasteiger partial charge in [0.2, 0.25) is 11.8 Å². The molecule has 2 saturated heterocycles. The van der Waals surface area contributed by atoms with Gasteiger partial charge in [-0.2, -0.15) is 17.6 Å². The monoisotopic (exact) mass is 773 g/mol. The second kappa shape index (κ2) is 14.5. The van der Waals surface area contributed by atoms with Gasteiger partial charge in [0.1, 0.15) is 28.6 Å². The Labute approximate surface area is 318 Å². The number of hydrogen-bond donors (Lipinski definition) is 2. The first-order chi connectivity index (χ1) is 26.8. The molecule has 0 spiro atoms. The van der Waals surface area contributed by atoms with Crippen LogP contribution in [0.4, 0.5) is 17.6 Å². The molecule has 4 heterocycles. The maximum absolute atomic E-state index is 13.5. The van der Waals surface area contributed by atoms with Crippen molar-refractivity contribution in [2.75, 3.05) is 13.1 Å². The number of ether oxygens (including phenoxy) is 2. The molecule has 2 fully saturated rings. The summed E-state index contributed by atoms with van der Waals surface area (Å²) in [6, 6.07) is 16.8. The molecule has 0 aliphatic carbocycles. The molecule has 6 aromatic rings. The van der Waals surface area contributed by atoms with E-state index in [4.69, 9.17) is 34.0 Å². The fourth-order valence-corrected chi connectivity index (χ4v) is 7.81. The number of halogens is 4. The molecule has 0 bridgehead atoms. The summed E-state index contributed by atoms with van der Waals surface area (Å²) in [5.74, 6) is -0.491. The summed E-state index contributed by atoms with van der Waals surface area (Å²) in [5, 5.41) is 9.66. The lowest BCUT2D eigenvalue weighted by atomic mass is 9.91. The zero-order valence-corrected chi connectivity index (χ0v) is 30.8. The number of carboxylic acid groups (broad SMARTS) is 1. The molecule has 0 radical (unpaired) electrons. The maximum Gasteiger partial charge on any atom is 0.387 e. The molecular formula is C41H39F4N5O6. The number of nitrogens with two attached hydrogens (primary N) is 1. The summed E-state index contributed by atoms with van der Waals surface area (Å²) in [4.78, 5) is 25.0. The van der Waals surface area contributed by atoms with Crippen molar-refractivity contribution >= 4 is 28.2 Å². The Bertz CT molecular complexity index is 2460. The van der Waals surface area contributed by atoms with Crippen LogP contribution >= 0.6 is 0 Å². The highest BCUT2D eigenvalue weighted by atomic mass is 19.3. The minimum Gasteiger partial charge on any atom is -0.480 e. The Morgan fingerprint density at radius 2 is 1.34 bits per heavy atom. The number of rotatable bonds is 12. The van der Waals surface area contributed by atoms with Crippen LogP contribution < -0.4 is 15.2 Å². The van der Waals surface area contributed by atoms with E-state index in [0.717, 1.165) is 35.2 Å². The van der Waals surface area contributed by atoms with Gasteiger partial charge in [-0.25, -0.2) is 9.97 Å². The topological polar surface area (TPSA) is 140 Å². The molecule has 11 nitrogen and oxygen atoms in total. The molecule has 2 aromatic heterocycles. The molecule has 2 aliphatic heterocycles. The van der Waals surface area contributed by atoms with Gasteiger partial charge in [-0.15, -0.1) is 0 Å². The quantitative estimate of drug-likeness (QED) is 0.115. The number of benzene rings is 4. The Morgan fingerprint density at radius 1 is 0.839 bits per heavy atom. The van der Waals surface area contributed by atoms with E-state index in [2.05, 4.69) is 0 Å². The molecule has 3 N–H and O–H groups in total. The number of hydrogen-bond acceptors (Lipinski definition) is 10. The smallest absolute Gasteiger partial charge is 0.387 e. The molecule has 1 unspecified atom stereocenters. The van der Waals surface area contributed by atoms with Crippen molar-refractivity contribution in [1.82, 2.24) is 19.8 Å². The minimum atomic E-state index is -3.09. The molecule has 4 aromatic carbocycles. The number of carbonyl (C=O) groups is 1. The third-order valence-electron chi connectivity index (χ3n) is 11.0. The van der Waals surface area contributed by atoms with E-state index in [9.17, 15) is 27.5 Å². The zero-order chi connectivity index (χ0) is 39.5. The van der Waals surface area contributed by atoms with E-state index in [1.54, 1.807) is 17.0 Å². The largest absolute Gasteiger partial charge is 0.480 e. The molecule has 0 saturated carbocycles. The third-order valence-corrected chi connectivity index (χ3v) is 11.0. The molecular weight excluding hydrogens is 734 g/mol. The first-order valence-electron chi connectivity index (χ1n) is 18.2. The summed E-state index contributed by atoms with van der Waals surface area (Å²) in [6.45, 7) is 1.30. The molecule has 15 heteroatoms. The number of oxazole rings is 2. The van der Waals surface area contributed by atoms with Crippen LogP contribution in [0.25, 0.3) is 56.2 Å². The number of nitrogens with zero attached hydrogens (tertiary/aromatic N) is 4. The van der Waals surface area contributed by atoms with E-state index < -0.39 is 30.9 Å². The molecule has 8 rings (SSSR count). The van der Waals surface area contributed by atoms with Crippen LogP contribution in [-0.2, 0) is 17.9 Å². The Hall–Kier alpha value is -5.51. The van der Waals surface area contributed by atoms with Crippen LogP contribution in [0.3, 0.4) is 0 Å². The molecule has 56 heavy (non-hydrogen) atoms. The lowest BCUT2D eigenvalue weighted by molar-refractivity contribution is -0.142. The van der Waals surface area contributed by atoms with Crippen molar-refractivity contribution < 1.29 is 45.8 Å². The van der Waals surface area contributed by atoms with Crippen LogP contribution in [0.1, 0.15) is 48.4 Å². The van der Waals surface area contributed by atoms with E-state index >= 15 is 0 Å². The highest BCUT2D eigenvalue weighted by Gasteiger charge is 2.37. The first kappa shape index (κ1) is 37.4. The Kier molecular flexibility index (Phi) is 9.71. The van der Waals surface area contributed by atoms with E-state index in [1.807, 2.05) is 62.1 Å². The minimum absolute atomic E-state index is 0.00224. The summed E-state index contributed by atoms with van der Waals surface area (Å²) < 4.78 is 76.0. The van der Waals surface area contributed by atoms with Gasteiger partial charge in [0, 0.05) is 54.0 Å². The predicted molar refractivity (Wildman–Crippen MR) is 199 cm³/mol. The number of carboxylic acids is 1. The highest BCUT2D eigenvalue weighted by Crippen LogP contribution is 2.40. The second-order valence-electron chi connectivity index (χ2n) is 14.6. The predicted octanol–water partition coefficient (Wildman–Crippen LogP) is 8.72. The van der Waals surface area contributed by atoms with Crippen LogP contribution in [0, 0.1) is 13.8 Å². The Balaban J connectivity index is 1.13. The van der Waals surface area contributed by atoms with Gasteiger partial charge in [0.15, 0.2) is 11.2 Å². The van der Waals surface area contributed by atoms with Crippen LogP contribution in [0.2, 0.25) is 0 Å². The average Bonchev–Trinajstić information content (AvgIpc) is 3.88. The van der Waals surface area contributed by atoms with Gasteiger partial charge in [-0.05, 0) is 93.1 Å². The van der Waals surface area contributed by atoms with Crippen LogP contribution in [0.15, 0.2) is 69.5 Å². The molecule has 2 aliphatic rings. The van der Waals surface area contributed by atoms with Crippen molar-refractivity contribution in [3.8, 4) is 45.5 Å². The zero-order valence-electron chi connectivity index (χ0n) is 30.8. The third kappa shape index (κ3) is 7.06. The normalized spacial score (nSPS) is 19.1. The Morgan fingerprint density at radius 3 is 1.79 bits per heavy atom. The van der Waals surface area contributed by atoms with Crippen LogP contribution in [0.5, 0.6) is 11.5 Å². The van der Waals surface area contributed by atoms with Gasteiger partial charge < -0.3 is 29.1 Å². The number of aliphatic carboxylic acids is 1. The summed E-state index contributed by atoms with van der Waals surface area (Å²) in [7, 11) is 0. The number of fused-ring (bicyclic) bond motifs is 2. The van der Waals surface area contributed by atoms with Gasteiger partial charge in [0.05, 0.1) is 5.66 Å². The van der Waals surface area contributed by atoms with Crippen molar-refractivity contribution in [3.05, 3.63) is 82.9 Å². The number of alkyl halides is 4. The summed E-state index contributed by atoms with van der Waals surface area (Å²) in [6.07, 6.45) is 1.94. The highest BCUT2D eigenvalue weighted by molar-refractivity contribution is 5.85. The lowest BCUT2D eigenvalue weighted by Gasteiger charge is -2.48. The van der Waals surface area contributed by atoms with E-state index in [-0.39, 0.29) is 29.5 Å².